The van der Waals surface area contributed by atoms with Crippen molar-refractivity contribution < 1.29 is 9.53 Å². The lowest BCUT2D eigenvalue weighted by atomic mass is 10.1. The average Bonchev–Trinajstić information content (AvgIpc) is 3.33. The largest absolute Gasteiger partial charge is 0.489 e. The van der Waals surface area contributed by atoms with Gasteiger partial charge in [-0.25, -0.2) is 15.0 Å². The van der Waals surface area contributed by atoms with E-state index < -0.39 is 0 Å². The number of hydrogen-bond acceptors (Lipinski definition) is 6. The molecule has 1 N–H and O–H groups in total. The van der Waals surface area contributed by atoms with Gasteiger partial charge in [-0.3, -0.25) is 4.79 Å². The van der Waals surface area contributed by atoms with E-state index in [4.69, 9.17) is 4.74 Å². The zero-order chi connectivity index (χ0) is 25.1. The molecule has 8 nitrogen and oxygen atoms in total. The Bertz CT molecular complexity index is 1320. The third-order valence-corrected chi connectivity index (χ3v) is 6.58. The molecule has 0 saturated carbocycles. The van der Waals surface area contributed by atoms with E-state index in [0.717, 1.165) is 72.0 Å². The number of amides is 1. The van der Waals surface area contributed by atoms with Crippen molar-refractivity contribution in [3.05, 3.63) is 66.7 Å². The van der Waals surface area contributed by atoms with Gasteiger partial charge in [0.05, 0.1) is 11.7 Å². The van der Waals surface area contributed by atoms with Gasteiger partial charge in [-0.2, -0.15) is 0 Å². The van der Waals surface area contributed by atoms with E-state index in [-0.39, 0.29) is 17.9 Å². The molecule has 1 aromatic carbocycles. The summed E-state index contributed by atoms with van der Waals surface area (Å²) in [6.45, 7) is 7.62. The number of rotatable bonds is 7. The van der Waals surface area contributed by atoms with Crippen molar-refractivity contribution in [2.45, 2.75) is 46.1 Å². The van der Waals surface area contributed by atoms with Crippen LogP contribution in [0.5, 0.6) is 5.75 Å². The fourth-order valence-electron chi connectivity index (χ4n) is 4.35. The molecular weight excluding hydrogens is 452 g/mol. The van der Waals surface area contributed by atoms with E-state index in [1.54, 1.807) is 6.20 Å². The number of nitrogens with one attached hydrogen (secondary N) is 1. The van der Waals surface area contributed by atoms with Crippen LogP contribution in [0.1, 0.15) is 39.2 Å². The number of piperidine rings is 1. The number of carbonyl (C=O) groups is 1. The van der Waals surface area contributed by atoms with Crippen molar-refractivity contribution >= 4 is 28.4 Å². The van der Waals surface area contributed by atoms with Crippen LogP contribution in [0.15, 0.2) is 61.2 Å². The summed E-state index contributed by atoms with van der Waals surface area (Å²) >= 11 is 0. The molecule has 1 aliphatic heterocycles. The van der Waals surface area contributed by atoms with Crippen LogP contribution in [0.3, 0.4) is 0 Å². The number of aromatic nitrogens is 4. The third kappa shape index (κ3) is 5.17. The summed E-state index contributed by atoms with van der Waals surface area (Å²) in [5.74, 6) is 2.34. The highest BCUT2D eigenvalue weighted by molar-refractivity contribution is 5.95. The lowest BCUT2D eigenvalue weighted by Crippen LogP contribution is -2.39. The molecule has 4 aromatic rings. The summed E-state index contributed by atoms with van der Waals surface area (Å²) in [6.07, 6.45) is 10.5. The Hall–Kier alpha value is -3.94. The van der Waals surface area contributed by atoms with Crippen molar-refractivity contribution in [1.29, 1.82) is 0 Å². The van der Waals surface area contributed by atoms with Crippen LogP contribution < -0.4 is 15.0 Å². The van der Waals surface area contributed by atoms with Crippen molar-refractivity contribution in [3.63, 3.8) is 0 Å². The van der Waals surface area contributed by atoms with E-state index >= 15 is 0 Å². The van der Waals surface area contributed by atoms with Gasteiger partial charge >= 0.3 is 0 Å². The second-order valence-electron chi connectivity index (χ2n) is 9.50. The highest BCUT2D eigenvalue weighted by Gasteiger charge is 2.22. The predicted molar refractivity (Wildman–Crippen MR) is 142 cm³/mol. The van der Waals surface area contributed by atoms with Gasteiger partial charge in [0.2, 0.25) is 11.9 Å². The minimum atomic E-state index is -0.0604. The van der Waals surface area contributed by atoms with Gasteiger partial charge in [0.25, 0.3) is 0 Å². The highest BCUT2D eigenvalue weighted by Crippen LogP contribution is 2.25. The first-order valence-electron chi connectivity index (χ1n) is 12.6. The van der Waals surface area contributed by atoms with Gasteiger partial charge in [0, 0.05) is 61.5 Å². The lowest BCUT2D eigenvalue weighted by molar-refractivity contribution is -0.118. The molecule has 186 valence electrons. The Morgan fingerprint density at radius 2 is 1.83 bits per heavy atom. The molecule has 0 atom stereocenters. The number of fused-ring (bicyclic) bond motifs is 1. The Labute approximate surface area is 211 Å². The molecule has 0 radical (unpaired) electrons. The van der Waals surface area contributed by atoms with Crippen molar-refractivity contribution in [3.8, 4) is 11.6 Å². The smallest absolute Gasteiger partial charge is 0.226 e. The van der Waals surface area contributed by atoms with Gasteiger partial charge in [-0.05, 0) is 48.4 Å². The molecule has 1 saturated heterocycles. The van der Waals surface area contributed by atoms with Gasteiger partial charge < -0.3 is 19.5 Å². The first-order valence-corrected chi connectivity index (χ1v) is 12.6. The Kier molecular flexibility index (Phi) is 6.84. The standard InChI is InChI=1S/C28H32N6O2/c1-4-20-16-30-28(31-17-20)33-12-10-23(11-13-33)36-24-6-8-26(29-18-24)34-14-9-21-15-22(5-7-25(21)34)32-27(35)19(2)3/h5-9,14-19,23H,4,10-13H2,1-3H3,(H,32,35). The molecule has 0 aliphatic carbocycles. The van der Waals surface area contributed by atoms with Gasteiger partial charge in [0.15, 0.2) is 0 Å². The predicted octanol–water partition coefficient (Wildman–Crippen LogP) is 5.02. The summed E-state index contributed by atoms with van der Waals surface area (Å²) in [4.78, 5) is 27.9. The second-order valence-corrected chi connectivity index (χ2v) is 9.50. The molecule has 0 unspecified atom stereocenters. The van der Waals surface area contributed by atoms with Crippen LogP contribution >= 0.6 is 0 Å². The van der Waals surface area contributed by atoms with E-state index in [9.17, 15) is 4.79 Å². The molecule has 1 amide bonds. The second kappa shape index (κ2) is 10.4. The SMILES string of the molecule is CCc1cnc(N2CCC(Oc3ccc(-n4ccc5cc(NC(=O)C(C)C)ccc54)nc3)CC2)nc1. The molecule has 4 heterocycles. The van der Waals surface area contributed by atoms with Crippen LogP contribution in [-0.4, -0.2) is 44.6 Å². The van der Waals surface area contributed by atoms with E-state index in [1.807, 2.05) is 73.4 Å². The van der Waals surface area contributed by atoms with Crippen molar-refractivity contribution in [2.24, 2.45) is 5.92 Å². The fraction of sp³-hybridized carbons (Fsp3) is 0.357. The topological polar surface area (TPSA) is 85.2 Å². The molecule has 36 heavy (non-hydrogen) atoms. The molecule has 0 bridgehead atoms. The Balaban J connectivity index is 1.20. The molecule has 3 aromatic heterocycles. The lowest BCUT2D eigenvalue weighted by Gasteiger charge is -2.32. The number of ether oxygens (including phenoxy) is 1. The van der Waals surface area contributed by atoms with Crippen LogP contribution in [-0.2, 0) is 11.2 Å². The molecule has 1 fully saturated rings. The van der Waals surface area contributed by atoms with Crippen molar-refractivity contribution in [1.82, 2.24) is 19.5 Å². The van der Waals surface area contributed by atoms with Gasteiger partial charge in [-0.1, -0.05) is 20.8 Å². The third-order valence-electron chi connectivity index (χ3n) is 6.58. The van der Waals surface area contributed by atoms with Crippen LogP contribution in [0, 0.1) is 5.92 Å². The van der Waals surface area contributed by atoms with E-state index in [1.165, 1.54) is 0 Å². The number of nitrogens with zero attached hydrogens (tertiary/aromatic N) is 5. The average molecular weight is 485 g/mol. The summed E-state index contributed by atoms with van der Waals surface area (Å²) < 4.78 is 8.27. The normalized spacial score (nSPS) is 14.4. The van der Waals surface area contributed by atoms with Crippen LogP contribution in [0.25, 0.3) is 16.7 Å². The van der Waals surface area contributed by atoms with Crippen LogP contribution in [0.2, 0.25) is 0 Å². The maximum absolute atomic E-state index is 12.0. The Morgan fingerprint density at radius 3 is 2.50 bits per heavy atom. The van der Waals surface area contributed by atoms with Crippen LogP contribution in [0.4, 0.5) is 11.6 Å². The minimum absolute atomic E-state index is 0.00988. The monoisotopic (exact) mass is 484 g/mol. The fourth-order valence-corrected chi connectivity index (χ4v) is 4.35. The molecule has 1 aliphatic rings. The van der Waals surface area contributed by atoms with Gasteiger partial charge in [-0.15, -0.1) is 0 Å². The zero-order valence-electron chi connectivity index (χ0n) is 21.0. The summed E-state index contributed by atoms with van der Waals surface area (Å²) in [5.41, 5.74) is 2.98. The number of aryl methyl sites for hydroxylation is 1. The number of carbonyl (C=O) groups excluding carboxylic acids is 1. The number of benzene rings is 1. The summed E-state index contributed by atoms with van der Waals surface area (Å²) in [5, 5.41) is 4.00. The Morgan fingerprint density at radius 1 is 1.06 bits per heavy atom. The van der Waals surface area contributed by atoms with E-state index in [2.05, 4.69) is 32.1 Å². The molecule has 5 rings (SSSR count). The number of hydrogen-bond donors (Lipinski definition) is 1. The zero-order valence-corrected chi connectivity index (χ0v) is 21.0. The first kappa shape index (κ1) is 23.8. The minimum Gasteiger partial charge on any atom is -0.489 e. The van der Waals surface area contributed by atoms with E-state index in [0.29, 0.717) is 0 Å². The van der Waals surface area contributed by atoms with Crippen molar-refractivity contribution in [2.75, 3.05) is 23.3 Å². The van der Waals surface area contributed by atoms with Gasteiger partial charge in [0.1, 0.15) is 17.7 Å². The first-order chi connectivity index (χ1) is 17.5. The number of anilines is 2. The molecule has 0 spiro atoms. The quantitative estimate of drug-likeness (QED) is 0.396. The summed E-state index contributed by atoms with van der Waals surface area (Å²) in [6, 6.07) is 11.9. The molecular formula is C28H32N6O2. The maximum Gasteiger partial charge on any atom is 0.226 e. The summed E-state index contributed by atoms with van der Waals surface area (Å²) in [7, 11) is 0. The highest BCUT2D eigenvalue weighted by atomic mass is 16.5. The number of pyridine rings is 1. The maximum atomic E-state index is 12.0. The molecule has 8 heteroatoms.